The zero-order valence-electron chi connectivity index (χ0n) is 19.4. The van der Waals surface area contributed by atoms with Crippen LogP contribution >= 0.6 is 11.8 Å². The summed E-state index contributed by atoms with van der Waals surface area (Å²) in [5, 5.41) is 25.6. The van der Waals surface area contributed by atoms with Gasteiger partial charge in [-0.15, -0.1) is 10.2 Å². The Bertz CT molecular complexity index is 1230. The average Bonchev–Trinajstić information content (AvgIpc) is 3.22. The van der Waals surface area contributed by atoms with Crippen LogP contribution in [0.2, 0.25) is 0 Å². The van der Waals surface area contributed by atoms with Crippen molar-refractivity contribution in [3.8, 4) is 0 Å². The van der Waals surface area contributed by atoms with E-state index in [1.54, 1.807) is 13.0 Å². The Balaban J connectivity index is 1.64. The number of nitrogens with one attached hydrogen (secondary N) is 2. The van der Waals surface area contributed by atoms with E-state index in [-0.39, 0.29) is 29.3 Å². The molecule has 0 saturated carbocycles. The summed E-state index contributed by atoms with van der Waals surface area (Å²) >= 11 is 1.23. The minimum Gasteiger partial charge on any atom is -0.342 e. The van der Waals surface area contributed by atoms with Crippen molar-refractivity contribution in [2.24, 2.45) is 0 Å². The molecule has 0 aliphatic heterocycles. The van der Waals surface area contributed by atoms with Crippen LogP contribution in [0.25, 0.3) is 0 Å². The minimum absolute atomic E-state index is 0.0305. The van der Waals surface area contributed by atoms with Crippen LogP contribution in [0.5, 0.6) is 0 Å². The molecule has 0 saturated heterocycles. The third-order valence-electron chi connectivity index (χ3n) is 5.21. The number of hydrogen-bond acceptors (Lipinski definition) is 7. The van der Waals surface area contributed by atoms with Gasteiger partial charge in [0, 0.05) is 29.9 Å². The first-order valence-electron chi connectivity index (χ1n) is 10.7. The van der Waals surface area contributed by atoms with Gasteiger partial charge in [-0.3, -0.25) is 19.7 Å². The van der Waals surface area contributed by atoms with Gasteiger partial charge in [0.15, 0.2) is 11.0 Å². The summed E-state index contributed by atoms with van der Waals surface area (Å²) in [6.45, 7) is 7.92. The van der Waals surface area contributed by atoms with Gasteiger partial charge in [-0.1, -0.05) is 30.0 Å². The number of rotatable bonds is 9. The minimum atomic E-state index is -0.478. The molecule has 2 amide bonds. The molecular weight excluding hydrogens is 456 g/mol. The van der Waals surface area contributed by atoms with E-state index in [1.165, 1.54) is 30.0 Å². The smallest absolute Gasteiger partial charge is 0.269 e. The number of hydrogen-bond donors (Lipinski definition) is 2. The molecule has 11 heteroatoms. The van der Waals surface area contributed by atoms with Crippen molar-refractivity contribution in [2.45, 2.75) is 45.4 Å². The van der Waals surface area contributed by atoms with Gasteiger partial charge in [0.25, 0.3) is 11.6 Å². The van der Waals surface area contributed by atoms with Gasteiger partial charge in [-0.25, -0.2) is 0 Å². The molecule has 0 spiro atoms. The number of amides is 2. The van der Waals surface area contributed by atoms with Crippen LogP contribution in [0.3, 0.4) is 0 Å². The summed E-state index contributed by atoms with van der Waals surface area (Å²) in [4.78, 5) is 35.5. The average molecular weight is 483 g/mol. The fourth-order valence-electron chi connectivity index (χ4n) is 3.41. The monoisotopic (exact) mass is 482 g/mol. The number of non-ortho nitro benzene ring substituents is 1. The second-order valence-electron chi connectivity index (χ2n) is 7.69. The maximum atomic E-state index is 12.7. The molecule has 3 rings (SSSR count). The SMILES string of the molecule is CCn1c(SCC(=O)Nc2ccc([N+](=O)[O-])cc2C)nnc1C(C)NC(=O)c1ccccc1C. The molecule has 0 bridgehead atoms. The molecule has 1 aromatic heterocycles. The van der Waals surface area contributed by atoms with Crippen molar-refractivity contribution in [1.82, 2.24) is 20.1 Å². The number of carbonyl (C=O) groups is 2. The Morgan fingerprint density at radius 3 is 2.53 bits per heavy atom. The van der Waals surface area contributed by atoms with E-state index in [4.69, 9.17) is 0 Å². The lowest BCUT2D eigenvalue weighted by Crippen LogP contribution is -2.29. The maximum absolute atomic E-state index is 12.7. The highest BCUT2D eigenvalue weighted by Gasteiger charge is 2.21. The van der Waals surface area contributed by atoms with Gasteiger partial charge < -0.3 is 15.2 Å². The fraction of sp³-hybridized carbons (Fsp3) is 0.304. The number of aryl methyl sites for hydroxylation is 2. The Hall–Kier alpha value is -3.73. The van der Waals surface area contributed by atoms with Gasteiger partial charge in [-0.2, -0.15) is 0 Å². The number of benzene rings is 2. The molecule has 1 heterocycles. The Kier molecular flexibility index (Phi) is 8.00. The van der Waals surface area contributed by atoms with Crippen molar-refractivity contribution in [3.63, 3.8) is 0 Å². The number of carbonyl (C=O) groups excluding carboxylic acids is 2. The second kappa shape index (κ2) is 10.9. The van der Waals surface area contributed by atoms with Crippen molar-refractivity contribution in [2.75, 3.05) is 11.1 Å². The van der Waals surface area contributed by atoms with Crippen LogP contribution < -0.4 is 10.6 Å². The molecule has 1 unspecified atom stereocenters. The first-order valence-corrected chi connectivity index (χ1v) is 11.7. The van der Waals surface area contributed by atoms with Crippen LogP contribution in [0, 0.1) is 24.0 Å². The third-order valence-corrected chi connectivity index (χ3v) is 6.18. The van der Waals surface area contributed by atoms with E-state index < -0.39 is 4.92 Å². The van der Waals surface area contributed by atoms with Crippen molar-refractivity contribution < 1.29 is 14.5 Å². The van der Waals surface area contributed by atoms with E-state index in [0.29, 0.717) is 34.3 Å². The van der Waals surface area contributed by atoms with Gasteiger partial charge in [0.05, 0.1) is 16.7 Å². The number of nitrogens with zero attached hydrogens (tertiary/aromatic N) is 4. The quantitative estimate of drug-likeness (QED) is 0.267. The number of anilines is 1. The van der Waals surface area contributed by atoms with Crippen molar-refractivity contribution >= 4 is 35.0 Å². The molecule has 0 aliphatic carbocycles. The highest BCUT2D eigenvalue weighted by Crippen LogP contribution is 2.24. The van der Waals surface area contributed by atoms with Crippen LogP contribution in [-0.4, -0.2) is 37.3 Å². The second-order valence-corrected chi connectivity index (χ2v) is 8.63. The fourth-order valence-corrected chi connectivity index (χ4v) is 4.22. The molecule has 1 atom stereocenters. The number of thioether (sulfide) groups is 1. The zero-order chi connectivity index (χ0) is 24.8. The summed E-state index contributed by atoms with van der Waals surface area (Å²) in [5.74, 6) is 0.218. The molecule has 10 nitrogen and oxygen atoms in total. The Morgan fingerprint density at radius 1 is 1.15 bits per heavy atom. The van der Waals surface area contributed by atoms with E-state index in [1.807, 2.05) is 43.5 Å². The topological polar surface area (TPSA) is 132 Å². The zero-order valence-corrected chi connectivity index (χ0v) is 20.2. The molecule has 178 valence electrons. The van der Waals surface area contributed by atoms with Crippen LogP contribution in [0.4, 0.5) is 11.4 Å². The van der Waals surface area contributed by atoms with Crippen molar-refractivity contribution in [1.29, 1.82) is 0 Å². The standard InChI is InChI=1S/C23H26N6O4S/c1-5-28-21(16(4)24-22(31)18-9-7-6-8-14(18)2)26-27-23(28)34-13-20(30)25-19-11-10-17(29(32)33)12-15(19)3/h6-12,16H,5,13H2,1-4H3,(H,24,31)(H,25,30). The lowest BCUT2D eigenvalue weighted by atomic mass is 10.1. The summed E-state index contributed by atoms with van der Waals surface area (Å²) < 4.78 is 1.86. The van der Waals surface area contributed by atoms with Crippen LogP contribution in [-0.2, 0) is 11.3 Å². The van der Waals surface area contributed by atoms with E-state index in [2.05, 4.69) is 20.8 Å². The summed E-state index contributed by atoms with van der Waals surface area (Å²) in [7, 11) is 0. The first-order chi connectivity index (χ1) is 16.2. The molecular formula is C23H26N6O4S. The highest BCUT2D eigenvalue weighted by molar-refractivity contribution is 7.99. The van der Waals surface area contributed by atoms with Gasteiger partial charge in [0.2, 0.25) is 5.91 Å². The Morgan fingerprint density at radius 2 is 1.88 bits per heavy atom. The van der Waals surface area contributed by atoms with E-state index in [9.17, 15) is 19.7 Å². The number of aromatic nitrogens is 3. The Labute approximate surface area is 201 Å². The summed E-state index contributed by atoms with van der Waals surface area (Å²) in [6, 6.07) is 11.2. The predicted molar refractivity (Wildman–Crippen MR) is 130 cm³/mol. The molecule has 3 aromatic rings. The molecule has 2 aromatic carbocycles. The molecule has 0 fully saturated rings. The largest absolute Gasteiger partial charge is 0.342 e. The van der Waals surface area contributed by atoms with Crippen LogP contribution in [0.15, 0.2) is 47.6 Å². The van der Waals surface area contributed by atoms with E-state index >= 15 is 0 Å². The highest BCUT2D eigenvalue weighted by atomic mass is 32.2. The molecule has 34 heavy (non-hydrogen) atoms. The first kappa shape index (κ1) is 24.9. The number of nitro benzene ring substituents is 1. The normalized spacial score (nSPS) is 11.6. The summed E-state index contributed by atoms with van der Waals surface area (Å²) in [5.41, 5.74) is 2.57. The molecule has 0 radical (unpaired) electrons. The maximum Gasteiger partial charge on any atom is 0.269 e. The van der Waals surface area contributed by atoms with Gasteiger partial charge in [-0.05, 0) is 51.0 Å². The van der Waals surface area contributed by atoms with Gasteiger partial charge >= 0.3 is 0 Å². The summed E-state index contributed by atoms with van der Waals surface area (Å²) in [6.07, 6.45) is 0. The predicted octanol–water partition coefficient (Wildman–Crippen LogP) is 4.04. The third kappa shape index (κ3) is 5.79. The molecule has 0 aliphatic rings. The number of nitro groups is 1. The lowest BCUT2D eigenvalue weighted by molar-refractivity contribution is -0.384. The van der Waals surface area contributed by atoms with Crippen molar-refractivity contribution in [3.05, 3.63) is 75.1 Å². The van der Waals surface area contributed by atoms with Crippen LogP contribution in [0.1, 0.15) is 47.2 Å². The molecule has 2 N–H and O–H groups in total. The lowest BCUT2D eigenvalue weighted by Gasteiger charge is -2.16. The van der Waals surface area contributed by atoms with Gasteiger partial charge in [0.1, 0.15) is 0 Å². The van der Waals surface area contributed by atoms with E-state index in [0.717, 1.165) is 5.56 Å².